The maximum atomic E-state index is 12.3. The summed E-state index contributed by atoms with van der Waals surface area (Å²) < 4.78 is 7.21. The number of guanidine groups is 1. The number of alkyl carbamates (subject to hydrolysis) is 1. The Labute approximate surface area is 206 Å². The lowest BCUT2D eigenvalue weighted by Crippen LogP contribution is -2.46. The summed E-state index contributed by atoms with van der Waals surface area (Å²) in [6, 6.07) is 12.0. The molecule has 0 spiro atoms. The fourth-order valence-electron chi connectivity index (χ4n) is 3.30. The summed E-state index contributed by atoms with van der Waals surface area (Å²) in [7, 11) is 1.86. The number of carbonyl (C=O) groups is 1. The number of aliphatic imine (C=N–C) groups is 1. The van der Waals surface area contributed by atoms with E-state index < -0.39 is 17.2 Å². The van der Waals surface area contributed by atoms with E-state index in [0.717, 1.165) is 26.8 Å². The minimum atomic E-state index is -0.615. The van der Waals surface area contributed by atoms with E-state index >= 15 is 0 Å². The average Bonchev–Trinajstić information content (AvgIpc) is 3.37. The molecular formula is C23H26ClN5O2S2. The number of benzene rings is 1. The van der Waals surface area contributed by atoms with Crippen molar-refractivity contribution < 1.29 is 9.53 Å². The number of halogens is 1. The first-order chi connectivity index (χ1) is 15.5. The zero-order chi connectivity index (χ0) is 23.8. The van der Waals surface area contributed by atoms with Crippen LogP contribution in [-0.4, -0.2) is 44.7 Å². The second-order valence-corrected chi connectivity index (χ2v) is 11.5. The molecule has 2 aromatic heterocycles. The van der Waals surface area contributed by atoms with Gasteiger partial charge >= 0.3 is 6.09 Å². The van der Waals surface area contributed by atoms with Crippen molar-refractivity contribution in [1.29, 1.82) is 0 Å². The van der Waals surface area contributed by atoms with E-state index in [9.17, 15) is 4.79 Å². The maximum Gasteiger partial charge on any atom is 0.414 e. The molecule has 4 rings (SSSR count). The molecule has 2 N–H and O–H groups in total. The summed E-state index contributed by atoms with van der Waals surface area (Å²) in [5, 5.41) is 3.39. The van der Waals surface area contributed by atoms with Gasteiger partial charge in [0.05, 0.1) is 26.7 Å². The summed E-state index contributed by atoms with van der Waals surface area (Å²) in [5.74, 6) is 1.86. The topological polar surface area (TPSA) is 82.6 Å². The number of ether oxygens (including phenoxy) is 1. The Balaban J connectivity index is 1.61. The lowest BCUT2D eigenvalue weighted by atomic mass is 10.0. The first-order valence-electron chi connectivity index (χ1n) is 10.4. The standard InChI is InChI=1S/C23H26ClN5O2S2/c1-22(2,3)31-21(30)27-20-28-23(4,13-32-29(20)5)18-15(24)11-17(33-18)19-25-12-16(26-19)14-9-7-6-8-10-14/h6-12H,13H2,1-5H3,(H,25,26)(H,27,28,30). The zero-order valence-electron chi connectivity index (χ0n) is 19.1. The maximum absolute atomic E-state index is 12.3. The van der Waals surface area contributed by atoms with Crippen LogP contribution in [0.5, 0.6) is 0 Å². The van der Waals surface area contributed by atoms with E-state index in [0.29, 0.717) is 16.7 Å². The number of aromatic nitrogens is 2. The highest BCUT2D eigenvalue weighted by Crippen LogP contribution is 2.45. The van der Waals surface area contributed by atoms with E-state index in [1.807, 2.05) is 81.6 Å². The van der Waals surface area contributed by atoms with Crippen molar-refractivity contribution >= 4 is 46.9 Å². The van der Waals surface area contributed by atoms with Gasteiger partial charge in [0, 0.05) is 12.8 Å². The van der Waals surface area contributed by atoms with E-state index in [-0.39, 0.29) is 0 Å². The van der Waals surface area contributed by atoms with Crippen LogP contribution in [0.25, 0.3) is 22.0 Å². The molecule has 1 aliphatic rings. The van der Waals surface area contributed by atoms with Crippen LogP contribution in [0, 0.1) is 0 Å². The van der Waals surface area contributed by atoms with Crippen molar-refractivity contribution in [2.45, 2.75) is 38.8 Å². The summed E-state index contributed by atoms with van der Waals surface area (Å²) in [6.45, 7) is 7.48. The van der Waals surface area contributed by atoms with Gasteiger partial charge in [0.1, 0.15) is 17.0 Å². The molecule has 0 saturated heterocycles. The minimum absolute atomic E-state index is 0.429. The average molecular weight is 504 g/mol. The third-order valence-corrected chi connectivity index (χ3v) is 7.93. The van der Waals surface area contributed by atoms with Gasteiger partial charge in [0.15, 0.2) is 0 Å². The first kappa shape index (κ1) is 23.7. The molecule has 1 aliphatic heterocycles. The Hall–Kier alpha value is -2.49. The zero-order valence-corrected chi connectivity index (χ0v) is 21.5. The number of hydrogen-bond donors (Lipinski definition) is 2. The number of carbonyl (C=O) groups excluding carboxylic acids is 1. The van der Waals surface area contributed by atoms with Crippen molar-refractivity contribution in [3.8, 4) is 22.0 Å². The van der Waals surface area contributed by atoms with E-state index in [2.05, 4.69) is 15.3 Å². The smallest absolute Gasteiger partial charge is 0.414 e. The number of thiophene rings is 1. The van der Waals surface area contributed by atoms with Gasteiger partial charge in [-0.3, -0.25) is 9.62 Å². The second kappa shape index (κ2) is 9.04. The Morgan fingerprint density at radius 3 is 2.73 bits per heavy atom. The van der Waals surface area contributed by atoms with Crippen LogP contribution in [0.3, 0.4) is 0 Å². The molecule has 0 fully saturated rings. The van der Waals surface area contributed by atoms with Crippen LogP contribution in [0.1, 0.15) is 32.6 Å². The van der Waals surface area contributed by atoms with Gasteiger partial charge < -0.3 is 9.72 Å². The van der Waals surface area contributed by atoms with Gasteiger partial charge in [-0.2, -0.15) is 0 Å². The second-order valence-electron chi connectivity index (χ2n) is 8.91. The molecule has 174 valence electrons. The molecule has 33 heavy (non-hydrogen) atoms. The van der Waals surface area contributed by atoms with Gasteiger partial charge in [-0.15, -0.1) is 11.3 Å². The van der Waals surface area contributed by atoms with Crippen molar-refractivity contribution in [2.24, 2.45) is 4.99 Å². The van der Waals surface area contributed by atoms with Crippen LogP contribution in [0.15, 0.2) is 47.6 Å². The molecule has 0 saturated carbocycles. The van der Waals surface area contributed by atoms with Gasteiger partial charge in [0.25, 0.3) is 0 Å². The number of imidazole rings is 1. The number of nitrogens with zero attached hydrogens (tertiary/aromatic N) is 3. The number of hydrogen-bond acceptors (Lipinski definition) is 7. The predicted octanol–water partition coefficient (Wildman–Crippen LogP) is 6.15. The Morgan fingerprint density at radius 2 is 2.03 bits per heavy atom. The van der Waals surface area contributed by atoms with Crippen molar-refractivity contribution in [1.82, 2.24) is 19.6 Å². The SMILES string of the molecule is CN1SCC(C)(c2sc(-c3ncc(-c4ccccc4)[nH]3)cc2Cl)N=C1NC(=O)OC(C)(C)C. The number of rotatable bonds is 3. The van der Waals surface area contributed by atoms with Gasteiger partial charge in [0.2, 0.25) is 5.96 Å². The van der Waals surface area contributed by atoms with Crippen LogP contribution in [0.2, 0.25) is 5.02 Å². The largest absolute Gasteiger partial charge is 0.444 e. The third kappa shape index (κ3) is 5.37. The Morgan fingerprint density at radius 1 is 1.30 bits per heavy atom. The van der Waals surface area contributed by atoms with Crippen LogP contribution < -0.4 is 5.32 Å². The monoisotopic (exact) mass is 503 g/mol. The molecule has 1 atom stereocenters. The van der Waals surface area contributed by atoms with Crippen molar-refractivity contribution in [3.63, 3.8) is 0 Å². The minimum Gasteiger partial charge on any atom is -0.444 e. The molecular weight excluding hydrogens is 478 g/mol. The number of aromatic amines is 1. The first-order valence-corrected chi connectivity index (χ1v) is 12.5. The molecule has 0 aliphatic carbocycles. The quantitative estimate of drug-likeness (QED) is 0.419. The lowest BCUT2D eigenvalue weighted by molar-refractivity contribution is 0.0559. The molecule has 0 bridgehead atoms. The van der Waals surface area contributed by atoms with E-state index in [4.69, 9.17) is 21.3 Å². The van der Waals surface area contributed by atoms with Crippen LogP contribution in [0.4, 0.5) is 4.79 Å². The van der Waals surface area contributed by atoms with Gasteiger partial charge in [-0.1, -0.05) is 41.9 Å². The molecule has 10 heteroatoms. The lowest BCUT2D eigenvalue weighted by Gasteiger charge is -2.35. The van der Waals surface area contributed by atoms with Crippen molar-refractivity contribution in [3.05, 3.63) is 52.5 Å². The van der Waals surface area contributed by atoms with Crippen LogP contribution >= 0.6 is 34.9 Å². The molecule has 1 aromatic carbocycles. The highest BCUT2D eigenvalue weighted by atomic mass is 35.5. The summed E-state index contributed by atoms with van der Waals surface area (Å²) in [6.07, 6.45) is 1.28. The highest BCUT2D eigenvalue weighted by molar-refractivity contribution is 7.97. The molecule has 3 aromatic rings. The number of nitrogens with one attached hydrogen (secondary N) is 2. The third-order valence-electron chi connectivity index (χ3n) is 4.87. The van der Waals surface area contributed by atoms with Crippen molar-refractivity contribution in [2.75, 3.05) is 12.8 Å². The van der Waals surface area contributed by atoms with Crippen LogP contribution in [-0.2, 0) is 10.3 Å². The Kier molecular flexibility index (Phi) is 6.48. The van der Waals surface area contributed by atoms with Gasteiger partial charge in [-0.25, -0.2) is 14.8 Å². The Bertz CT molecular complexity index is 1190. The van der Waals surface area contributed by atoms with Gasteiger partial charge in [-0.05, 0) is 51.3 Å². The molecule has 1 unspecified atom stereocenters. The molecule has 7 nitrogen and oxygen atoms in total. The summed E-state index contributed by atoms with van der Waals surface area (Å²) in [4.78, 5) is 27.0. The molecule has 3 heterocycles. The summed E-state index contributed by atoms with van der Waals surface area (Å²) in [5.41, 5.74) is 0.804. The fourth-order valence-corrected chi connectivity index (χ4v) is 5.84. The highest BCUT2D eigenvalue weighted by Gasteiger charge is 2.37. The van der Waals surface area contributed by atoms with E-state index in [1.54, 1.807) is 23.3 Å². The summed E-state index contributed by atoms with van der Waals surface area (Å²) >= 11 is 9.79. The normalized spacial score (nSPS) is 18.7. The number of H-pyrrole nitrogens is 1. The molecule has 0 radical (unpaired) electrons. The molecule has 1 amide bonds. The predicted molar refractivity (Wildman–Crippen MR) is 137 cm³/mol. The van der Waals surface area contributed by atoms with E-state index in [1.165, 1.54) is 0 Å². The number of amides is 1. The fraction of sp³-hybridized carbons (Fsp3) is 0.348.